The van der Waals surface area contributed by atoms with E-state index in [0.717, 1.165) is 12.2 Å². The van der Waals surface area contributed by atoms with Crippen molar-refractivity contribution in [3.05, 3.63) is 60.0 Å². The maximum absolute atomic E-state index is 13.3. The molecule has 0 fully saturated rings. The van der Waals surface area contributed by atoms with E-state index >= 15 is 0 Å². The van der Waals surface area contributed by atoms with Crippen LogP contribution in [0.2, 0.25) is 0 Å². The van der Waals surface area contributed by atoms with Crippen LogP contribution in [0.15, 0.2) is 48.6 Å². The molecule has 5 heteroatoms. The van der Waals surface area contributed by atoms with E-state index in [1.54, 1.807) is 6.07 Å². The van der Waals surface area contributed by atoms with E-state index in [1.807, 2.05) is 24.3 Å². The van der Waals surface area contributed by atoms with Gasteiger partial charge < -0.3 is 20.6 Å². The summed E-state index contributed by atoms with van der Waals surface area (Å²) in [7, 11) is 1.98. The number of nitrogens with one attached hydrogen (secondary N) is 2. The summed E-state index contributed by atoms with van der Waals surface area (Å²) in [6.45, 7) is 6.62. The number of rotatable bonds is 5. The number of hydrogen-bond acceptors (Lipinski definition) is 4. The lowest BCUT2D eigenvalue weighted by Crippen LogP contribution is -2.22. The first-order valence-electron chi connectivity index (χ1n) is 6.82. The summed E-state index contributed by atoms with van der Waals surface area (Å²) in [6, 6.07) is 4.23. The molecular formula is C16H20FN3O. The molecular weight excluding hydrogens is 269 g/mol. The van der Waals surface area contributed by atoms with Gasteiger partial charge in [0.05, 0.1) is 0 Å². The van der Waals surface area contributed by atoms with E-state index in [9.17, 15) is 9.50 Å². The summed E-state index contributed by atoms with van der Waals surface area (Å²) in [5.74, 6) is 0.0476. The molecule has 4 nitrogen and oxygen atoms in total. The van der Waals surface area contributed by atoms with Crippen LogP contribution in [-0.4, -0.2) is 23.6 Å². The van der Waals surface area contributed by atoms with Crippen molar-refractivity contribution in [3.8, 4) is 5.75 Å². The number of halogens is 1. The summed E-state index contributed by atoms with van der Waals surface area (Å²) in [4.78, 5) is 2.02. The lowest BCUT2D eigenvalue weighted by Gasteiger charge is -2.18. The van der Waals surface area contributed by atoms with E-state index in [-0.39, 0.29) is 5.75 Å². The molecule has 21 heavy (non-hydrogen) atoms. The molecule has 0 atom stereocenters. The van der Waals surface area contributed by atoms with E-state index in [2.05, 4.69) is 24.1 Å². The van der Waals surface area contributed by atoms with Crippen molar-refractivity contribution in [1.82, 2.24) is 15.5 Å². The third kappa shape index (κ3) is 3.37. The minimum atomic E-state index is -0.647. The highest BCUT2D eigenvalue weighted by molar-refractivity contribution is 5.62. The first-order chi connectivity index (χ1) is 10.0. The molecule has 0 unspecified atom stereocenters. The zero-order valence-corrected chi connectivity index (χ0v) is 12.3. The first kappa shape index (κ1) is 15.0. The average molecular weight is 289 g/mol. The van der Waals surface area contributed by atoms with Crippen molar-refractivity contribution in [2.75, 3.05) is 13.6 Å². The van der Waals surface area contributed by atoms with Gasteiger partial charge in [0.2, 0.25) is 0 Å². The second-order valence-corrected chi connectivity index (χ2v) is 4.87. The molecule has 1 aromatic carbocycles. The van der Waals surface area contributed by atoms with Crippen molar-refractivity contribution in [1.29, 1.82) is 0 Å². The van der Waals surface area contributed by atoms with E-state index in [1.165, 1.54) is 17.7 Å². The van der Waals surface area contributed by atoms with Crippen LogP contribution in [-0.2, 0) is 0 Å². The Hall–Kier alpha value is -2.43. The summed E-state index contributed by atoms with van der Waals surface area (Å²) < 4.78 is 13.3. The van der Waals surface area contributed by atoms with E-state index < -0.39 is 5.82 Å². The fraction of sp³-hybridized carbons (Fsp3) is 0.250. The van der Waals surface area contributed by atoms with Crippen molar-refractivity contribution in [2.45, 2.75) is 13.3 Å². The Balaban J connectivity index is 2.04. The topological polar surface area (TPSA) is 47.5 Å². The van der Waals surface area contributed by atoms with Crippen LogP contribution >= 0.6 is 0 Å². The maximum atomic E-state index is 13.3. The van der Waals surface area contributed by atoms with Crippen LogP contribution in [0.25, 0.3) is 5.70 Å². The lowest BCUT2D eigenvalue weighted by atomic mass is 10.1. The van der Waals surface area contributed by atoms with Crippen LogP contribution < -0.4 is 10.6 Å². The van der Waals surface area contributed by atoms with Gasteiger partial charge in [0.25, 0.3) is 0 Å². The molecule has 0 spiro atoms. The molecule has 0 saturated heterocycles. The summed E-state index contributed by atoms with van der Waals surface area (Å²) in [5, 5.41) is 15.6. The van der Waals surface area contributed by atoms with Crippen molar-refractivity contribution in [3.63, 3.8) is 0 Å². The van der Waals surface area contributed by atoms with E-state index in [4.69, 9.17) is 0 Å². The third-order valence-corrected chi connectivity index (χ3v) is 3.44. The number of phenolic OH excluding ortho intramolecular Hbond substituents is 1. The quantitative estimate of drug-likeness (QED) is 0.780. The molecule has 112 valence electrons. The Morgan fingerprint density at radius 2 is 2.24 bits per heavy atom. The summed E-state index contributed by atoms with van der Waals surface area (Å²) in [5.41, 5.74) is 2.44. The Kier molecular flexibility index (Phi) is 4.52. The van der Waals surface area contributed by atoms with Crippen molar-refractivity contribution in [2.24, 2.45) is 0 Å². The second kappa shape index (κ2) is 6.35. The molecule has 3 N–H and O–H groups in total. The highest BCUT2D eigenvalue weighted by atomic mass is 19.1. The summed E-state index contributed by atoms with van der Waals surface area (Å²) in [6.07, 6.45) is 4.73. The predicted octanol–water partition coefficient (Wildman–Crippen LogP) is 2.72. The maximum Gasteiger partial charge on any atom is 0.165 e. The minimum Gasteiger partial charge on any atom is -0.505 e. The van der Waals surface area contributed by atoms with Gasteiger partial charge in [-0.15, -0.1) is 0 Å². The Morgan fingerprint density at radius 3 is 2.81 bits per heavy atom. The number of hydrogen-bond donors (Lipinski definition) is 3. The minimum absolute atomic E-state index is 0.356. The molecule has 1 heterocycles. The van der Waals surface area contributed by atoms with Gasteiger partial charge in [0.15, 0.2) is 11.6 Å². The molecule has 0 aliphatic carbocycles. The fourth-order valence-electron chi connectivity index (χ4n) is 2.14. The normalized spacial score (nSPS) is 15.9. The largest absolute Gasteiger partial charge is 0.505 e. The zero-order valence-electron chi connectivity index (χ0n) is 12.3. The molecule has 1 aliphatic heterocycles. The molecule has 1 aromatic rings. The fourth-order valence-corrected chi connectivity index (χ4v) is 2.14. The standard InChI is InChI=1S/C16H20FN3O/c1-4-12(16-18-7-8-20(16)3)10-19-11(2)13-5-6-15(21)14(17)9-13/h5-9,18-19,21H,2,4,10H2,1,3H3/b16-12-. The van der Waals surface area contributed by atoms with Crippen molar-refractivity contribution >= 4 is 5.70 Å². The zero-order chi connectivity index (χ0) is 15.4. The van der Waals surface area contributed by atoms with Crippen LogP contribution in [0, 0.1) is 5.82 Å². The number of nitrogens with zero attached hydrogens (tertiary/aromatic N) is 1. The van der Waals surface area contributed by atoms with Crippen LogP contribution in [0.5, 0.6) is 5.75 Å². The third-order valence-electron chi connectivity index (χ3n) is 3.44. The second-order valence-electron chi connectivity index (χ2n) is 4.87. The lowest BCUT2D eigenvalue weighted by molar-refractivity contribution is 0.432. The van der Waals surface area contributed by atoms with Crippen LogP contribution in [0.4, 0.5) is 4.39 Å². The van der Waals surface area contributed by atoms with Gasteiger partial charge in [-0.2, -0.15) is 0 Å². The van der Waals surface area contributed by atoms with Gasteiger partial charge in [-0.1, -0.05) is 13.5 Å². The van der Waals surface area contributed by atoms with Gasteiger partial charge in [-0.05, 0) is 30.2 Å². The van der Waals surface area contributed by atoms with Gasteiger partial charge in [0.1, 0.15) is 5.82 Å². The van der Waals surface area contributed by atoms with Crippen molar-refractivity contribution < 1.29 is 9.50 Å². The molecule has 1 aliphatic rings. The van der Waals surface area contributed by atoms with Gasteiger partial charge in [-0.3, -0.25) is 0 Å². The Morgan fingerprint density at radius 1 is 1.48 bits per heavy atom. The molecule has 0 amide bonds. The predicted molar refractivity (Wildman–Crippen MR) is 82.5 cm³/mol. The van der Waals surface area contributed by atoms with E-state index in [0.29, 0.717) is 17.8 Å². The monoisotopic (exact) mass is 289 g/mol. The summed E-state index contributed by atoms with van der Waals surface area (Å²) >= 11 is 0. The van der Waals surface area contributed by atoms with Crippen LogP contribution in [0.1, 0.15) is 18.9 Å². The van der Waals surface area contributed by atoms with Gasteiger partial charge in [-0.25, -0.2) is 4.39 Å². The highest BCUT2D eigenvalue weighted by Crippen LogP contribution is 2.20. The molecule has 2 rings (SSSR count). The number of aromatic hydroxyl groups is 1. The Labute approximate surface area is 124 Å². The molecule has 0 saturated carbocycles. The molecule has 0 bridgehead atoms. The van der Waals surface area contributed by atoms with Gasteiger partial charge in [0, 0.05) is 37.3 Å². The molecule has 0 radical (unpaired) electrons. The SMILES string of the molecule is C=C(NC/C(CC)=C1/NC=CN1C)c1ccc(O)c(F)c1. The van der Waals surface area contributed by atoms with Gasteiger partial charge >= 0.3 is 0 Å². The number of phenols is 1. The Bertz CT molecular complexity index is 608. The number of benzene rings is 1. The smallest absolute Gasteiger partial charge is 0.165 e. The molecule has 0 aromatic heterocycles. The average Bonchev–Trinajstić information content (AvgIpc) is 2.89. The first-order valence-corrected chi connectivity index (χ1v) is 6.82. The van der Waals surface area contributed by atoms with Crippen LogP contribution in [0.3, 0.4) is 0 Å². The highest BCUT2D eigenvalue weighted by Gasteiger charge is 2.12.